The van der Waals surface area contributed by atoms with E-state index in [1.165, 1.54) is 6.42 Å². The number of hydrogen-bond donors (Lipinski definition) is 2. The fourth-order valence-corrected chi connectivity index (χ4v) is 3.18. The number of rotatable bonds is 3. The number of carbonyl (C=O) groups excluding carboxylic acids is 1. The van der Waals surface area contributed by atoms with Crippen molar-refractivity contribution in [1.82, 2.24) is 10.3 Å². The summed E-state index contributed by atoms with van der Waals surface area (Å²) in [5, 5.41) is 3.76. The van der Waals surface area contributed by atoms with Gasteiger partial charge in [0, 0.05) is 23.7 Å². The zero-order chi connectivity index (χ0) is 14.4. The Morgan fingerprint density at radius 2 is 2.45 bits per heavy atom. The fourth-order valence-electron chi connectivity index (χ4n) is 2.39. The molecule has 0 aromatic carbocycles. The van der Waals surface area contributed by atoms with E-state index in [0.29, 0.717) is 16.4 Å². The van der Waals surface area contributed by atoms with Crippen LogP contribution in [0.2, 0.25) is 0 Å². The molecule has 1 heterocycles. The number of pyridine rings is 1. The molecule has 2 unspecified atom stereocenters. The molecule has 0 spiro atoms. The number of amides is 1. The maximum absolute atomic E-state index is 12.3. The number of carbonyl (C=O) groups is 1. The van der Waals surface area contributed by atoms with Crippen molar-refractivity contribution in [2.24, 2.45) is 5.73 Å². The third-order valence-corrected chi connectivity index (χ3v) is 4.54. The van der Waals surface area contributed by atoms with Crippen LogP contribution < -0.4 is 11.1 Å². The summed E-state index contributed by atoms with van der Waals surface area (Å²) in [4.78, 5) is 16.3. The Labute approximate surface area is 123 Å². The van der Waals surface area contributed by atoms with Crippen molar-refractivity contribution >= 4 is 17.7 Å². The minimum atomic E-state index is -0.0690. The van der Waals surface area contributed by atoms with Crippen LogP contribution in [-0.2, 0) is 0 Å². The highest BCUT2D eigenvalue weighted by Crippen LogP contribution is 2.28. The quantitative estimate of drug-likeness (QED) is 0.826. The first-order chi connectivity index (χ1) is 9.74. The Bertz CT molecular complexity index is 535. The topological polar surface area (TPSA) is 68.0 Å². The fraction of sp³-hybridized carbons (Fsp3) is 0.467. The molecule has 3 N–H and O–H groups in total. The molecule has 106 valence electrons. The minimum Gasteiger partial charge on any atom is -0.349 e. The Balaban J connectivity index is 2.06. The molecule has 20 heavy (non-hydrogen) atoms. The van der Waals surface area contributed by atoms with E-state index in [0.717, 1.165) is 12.8 Å². The second-order valence-electron chi connectivity index (χ2n) is 4.77. The average molecular weight is 289 g/mol. The maximum atomic E-state index is 12.3. The predicted molar refractivity (Wildman–Crippen MR) is 82.6 cm³/mol. The van der Waals surface area contributed by atoms with Gasteiger partial charge in [-0.2, -0.15) is 11.8 Å². The molecule has 0 radical (unpaired) electrons. The van der Waals surface area contributed by atoms with Gasteiger partial charge in [-0.05, 0) is 31.6 Å². The van der Waals surface area contributed by atoms with Gasteiger partial charge in [0.1, 0.15) is 0 Å². The first-order valence-corrected chi connectivity index (χ1v) is 8.00. The predicted octanol–water partition coefficient (Wildman–Crippen LogP) is 1.41. The largest absolute Gasteiger partial charge is 0.349 e. The highest BCUT2D eigenvalue weighted by Gasteiger charge is 2.25. The van der Waals surface area contributed by atoms with Gasteiger partial charge in [-0.25, -0.2) is 0 Å². The second kappa shape index (κ2) is 7.32. The zero-order valence-corrected chi connectivity index (χ0v) is 12.4. The zero-order valence-electron chi connectivity index (χ0n) is 11.6. The lowest BCUT2D eigenvalue weighted by atomic mass is 10.1. The molecule has 0 bridgehead atoms. The van der Waals surface area contributed by atoms with Crippen LogP contribution in [0.15, 0.2) is 18.5 Å². The van der Waals surface area contributed by atoms with E-state index in [4.69, 9.17) is 5.73 Å². The van der Waals surface area contributed by atoms with Gasteiger partial charge in [0.2, 0.25) is 0 Å². The summed E-state index contributed by atoms with van der Waals surface area (Å²) < 4.78 is 0. The van der Waals surface area contributed by atoms with Gasteiger partial charge in [-0.1, -0.05) is 11.8 Å². The summed E-state index contributed by atoms with van der Waals surface area (Å²) in [6, 6.07) is 1.97. The van der Waals surface area contributed by atoms with Crippen molar-refractivity contribution in [2.45, 2.75) is 30.6 Å². The van der Waals surface area contributed by atoms with Gasteiger partial charge in [0.15, 0.2) is 0 Å². The molecule has 1 aromatic heterocycles. The third kappa shape index (κ3) is 3.75. The van der Waals surface area contributed by atoms with Crippen LogP contribution in [0.5, 0.6) is 0 Å². The number of nitrogens with two attached hydrogens (primary N) is 1. The standard InChI is InChI=1S/C15H19N3OS/c1-20-13-5-4-12(9-13)18-15(19)14-6-8-17-10-11(14)3-2-7-16/h6,8,10,12-13H,4-5,7,9,16H2,1H3,(H,18,19). The molecule has 4 nitrogen and oxygen atoms in total. The number of nitrogens with one attached hydrogen (secondary N) is 1. The van der Waals surface area contributed by atoms with E-state index in [2.05, 4.69) is 28.4 Å². The van der Waals surface area contributed by atoms with Crippen LogP contribution in [0.1, 0.15) is 35.2 Å². The van der Waals surface area contributed by atoms with Gasteiger partial charge >= 0.3 is 0 Å². The van der Waals surface area contributed by atoms with E-state index >= 15 is 0 Å². The Hall–Kier alpha value is -1.51. The maximum Gasteiger partial charge on any atom is 0.252 e. The molecule has 5 heteroatoms. The van der Waals surface area contributed by atoms with E-state index in [9.17, 15) is 4.79 Å². The molecule has 0 saturated heterocycles. The van der Waals surface area contributed by atoms with E-state index in [1.54, 1.807) is 18.5 Å². The lowest BCUT2D eigenvalue weighted by molar-refractivity contribution is 0.0937. The monoisotopic (exact) mass is 289 g/mol. The van der Waals surface area contributed by atoms with Gasteiger partial charge in [0.05, 0.1) is 17.7 Å². The molecule has 2 rings (SSSR count). The van der Waals surface area contributed by atoms with Gasteiger partial charge < -0.3 is 11.1 Å². The smallest absolute Gasteiger partial charge is 0.252 e. The Morgan fingerprint density at radius 1 is 1.60 bits per heavy atom. The van der Waals surface area contributed by atoms with Crippen LogP contribution >= 0.6 is 11.8 Å². The van der Waals surface area contributed by atoms with E-state index in [-0.39, 0.29) is 18.5 Å². The van der Waals surface area contributed by atoms with Crippen molar-refractivity contribution in [3.05, 3.63) is 29.6 Å². The summed E-state index contributed by atoms with van der Waals surface area (Å²) >= 11 is 1.88. The van der Waals surface area contributed by atoms with Crippen LogP contribution in [0.4, 0.5) is 0 Å². The molecule has 1 aliphatic rings. The van der Waals surface area contributed by atoms with Crippen molar-refractivity contribution in [2.75, 3.05) is 12.8 Å². The second-order valence-corrected chi connectivity index (χ2v) is 5.91. The molecule has 2 atom stereocenters. The van der Waals surface area contributed by atoms with Crippen molar-refractivity contribution in [3.63, 3.8) is 0 Å². The summed E-state index contributed by atoms with van der Waals surface area (Å²) in [6.07, 6.45) is 8.60. The molecule has 1 aromatic rings. The van der Waals surface area contributed by atoms with E-state index < -0.39 is 0 Å². The SMILES string of the molecule is CSC1CCC(NC(=O)c2ccncc2C#CCN)C1. The molecule has 0 aliphatic heterocycles. The van der Waals surface area contributed by atoms with Crippen molar-refractivity contribution in [3.8, 4) is 11.8 Å². The van der Waals surface area contributed by atoms with Crippen LogP contribution in [0.3, 0.4) is 0 Å². The van der Waals surface area contributed by atoms with Crippen LogP contribution in [0.25, 0.3) is 0 Å². The first-order valence-electron chi connectivity index (χ1n) is 6.71. The lowest BCUT2D eigenvalue weighted by Gasteiger charge is -2.13. The molecular weight excluding hydrogens is 270 g/mol. The normalized spacial score (nSPS) is 21.1. The molecule has 1 amide bonds. The van der Waals surface area contributed by atoms with Crippen LogP contribution in [0, 0.1) is 11.8 Å². The Morgan fingerprint density at radius 3 is 3.15 bits per heavy atom. The molecule has 1 saturated carbocycles. The molecular formula is C15H19N3OS. The molecule has 1 fully saturated rings. The number of hydrogen-bond acceptors (Lipinski definition) is 4. The highest BCUT2D eigenvalue weighted by molar-refractivity contribution is 7.99. The average Bonchev–Trinajstić information content (AvgIpc) is 2.93. The van der Waals surface area contributed by atoms with Gasteiger partial charge in [0.25, 0.3) is 5.91 Å². The summed E-state index contributed by atoms with van der Waals surface area (Å²) in [7, 11) is 0. The first kappa shape index (κ1) is 14.9. The van der Waals surface area contributed by atoms with Crippen molar-refractivity contribution < 1.29 is 4.79 Å². The van der Waals surface area contributed by atoms with Crippen molar-refractivity contribution in [1.29, 1.82) is 0 Å². The molecule has 1 aliphatic carbocycles. The van der Waals surface area contributed by atoms with Gasteiger partial charge in [-0.15, -0.1) is 0 Å². The highest BCUT2D eigenvalue weighted by atomic mass is 32.2. The Kier molecular flexibility index (Phi) is 5.45. The lowest BCUT2D eigenvalue weighted by Crippen LogP contribution is -2.33. The summed E-state index contributed by atoms with van der Waals surface area (Å²) in [5.74, 6) is 5.59. The third-order valence-electron chi connectivity index (χ3n) is 3.44. The van der Waals surface area contributed by atoms with E-state index in [1.807, 2.05) is 11.8 Å². The summed E-state index contributed by atoms with van der Waals surface area (Å²) in [6.45, 7) is 0.272. The van der Waals surface area contributed by atoms with Gasteiger partial charge in [-0.3, -0.25) is 9.78 Å². The number of thioether (sulfide) groups is 1. The number of aromatic nitrogens is 1. The summed E-state index contributed by atoms with van der Waals surface area (Å²) in [5.41, 5.74) is 6.58. The minimum absolute atomic E-state index is 0.0690. The van der Waals surface area contributed by atoms with Crippen LogP contribution in [-0.4, -0.2) is 35.0 Å². The number of nitrogens with zero attached hydrogens (tertiary/aromatic N) is 1.